The SMILES string of the molecule is Nc1nc(/C(=N\OC2C=CCC2)C(=O)NC2C(=O)N3C(C(=O)O)=C(CSc4nnnn4C/C(=N/O)C(=O)O)CSC23)cs1. The van der Waals surface area contributed by atoms with Gasteiger partial charge in [-0.1, -0.05) is 28.1 Å². The lowest BCUT2D eigenvalue weighted by molar-refractivity contribution is -0.150. The maximum atomic E-state index is 13.3. The predicted octanol–water partition coefficient (Wildman–Crippen LogP) is -0.403. The summed E-state index contributed by atoms with van der Waals surface area (Å²) in [6, 6.07) is -1.03. The van der Waals surface area contributed by atoms with Crippen LogP contribution in [-0.2, 0) is 30.6 Å². The normalized spacial score (nSPS) is 21.9. The van der Waals surface area contributed by atoms with Crippen LogP contribution in [0.25, 0.3) is 0 Å². The van der Waals surface area contributed by atoms with E-state index in [-0.39, 0.29) is 45.0 Å². The molecular weight excluding hydrogens is 629 g/mol. The van der Waals surface area contributed by atoms with Crippen molar-refractivity contribution in [2.75, 3.05) is 17.2 Å². The van der Waals surface area contributed by atoms with Crippen molar-refractivity contribution in [3.8, 4) is 0 Å². The highest BCUT2D eigenvalue weighted by atomic mass is 32.2. The molecule has 5 rings (SSSR count). The van der Waals surface area contributed by atoms with E-state index in [0.717, 1.165) is 39.1 Å². The molecule has 6 N–H and O–H groups in total. The fourth-order valence-corrected chi connectivity index (χ4v) is 7.16. The van der Waals surface area contributed by atoms with Crippen LogP contribution in [0.1, 0.15) is 18.5 Å². The molecule has 1 aliphatic carbocycles. The number of thioether (sulfide) groups is 2. The number of aromatic nitrogens is 5. The van der Waals surface area contributed by atoms with Gasteiger partial charge in [-0.3, -0.25) is 14.5 Å². The van der Waals surface area contributed by atoms with Gasteiger partial charge in [0.25, 0.3) is 11.8 Å². The van der Waals surface area contributed by atoms with Gasteiger partial charge in [0.15, 0.2) is 16.6 Å². The van der Waals surface area contributed by atoms with Crippen molar-refractivity contribution in [1.82, 2.24) is 35.4 Å². The van der Waals surface area contributed by atoms with E-state index in [1.807, 2.05) is 12.2 Å². The average Bonchev–Trinajstić information content (AvgIpc) is 3.76. The van der Waals surface area contributed by atoms with Crippen molar-refractivity contribution in [3.05, 3.63) is 34.5 Å². The minimum atomic E-state index is -1.47. The summed E-state index contributed by atoms with van der Waals surface area (Å²) in [5.41, 5.74) is 5.29. The molecule has 0 radical (unpaired) electrons. The Hall–Kier alpha value is -4.50. The lowest BCUT2D eigenvalue weighted by atomic mass is 10.0. The Labute approximate surface area is 253 Å². The minimum absolute atomic E-state index is 0.0518. The second-order valence-corrected chi connectivity index (χ2v) is 12.0. The first-order chi connectivity index (χ1) is 20.7. The molecule has 1 saturated heterocycles. The molecule has 3 atom stereocenters. The van der Waals surface area contributed by atoms with Crippen LogP contribution in [0.3, 0.4) is 0 Å². The lowest BCUT2D eigenvalue weighted by Gasteiger charge is -2.49. The molecule has 2 amide bonds. The summed E-state index contributed by atoms with van der Waals surface area (Å²) in [6.07, 6.45) is 4.98. The summed E-state index contributed by atoms with van der Waals surface area (Å²) in [4.78, 5) is 60.5. The number of nitrogen functional groups attached to an aromatic ring is 1. The van der Waals surface area contributed by atoms with Crippen LogP contribution in [0.15, 0.2) is 44.3 Å². The van der Waals surface area contributed by atoms with Gasteiger partial charge >= 0.3 is 11.9 Å². The van der Waals surface area contributed by atoms with Crippen LogP contribution in [0.2, 0.25) is 0 Å². The van der Waals surface area contributed by atoms with E-state index < -0.39 is 47.4 Å². The summed E-state index contributed by atoms with van der Waals surface area (Å²) in [5.74, 6) is -3.90. The number of thiazole rings is 1. The number of hydrogen-bond acceptors (Lipinski definition) is 16. The Kier molecular flexibility index (Phi) is 8.92. The Morgan fingerprint density at radius 3 is 2.77 bits per heavy atom. The first-order valence-corrected chi connectivity index (χ1v) is 15.2. The van der Waals surface area contributed by atoms with Crippen molar-refractivity contribution in [3.63, 3.8) is 0 Å². The third-order valence-electron chi connectivity index (χ3n) is 6.31. The largest absolute Gasteiger partial charge is 0.477 e. The molecule has 3 unspecified atom stereocenters. The highest BCUT2D eigenvalue weighted by Crippen LogP contribution is 2.41. The molecule has 18 nitrogen and oxygen atoms in total. The number of nitrogens with two attached hydrogens (primary N) is 1. The van der Waals surface area contributed by atoms with E-state index in [1.54, 1.807) is 0 Å². The number of carbonyl (C=O) groups excluding carboxylic acids is 2. The van der Waals surface area contributed by atoms with E-state index >= 15 is 0 Å². The van der Waals surface area contributed by atoms with Crippen molar-refractivity contribution < 1.29 is 39.4 Å². The molecule has 43 heavy (non-hydrogen) atoms. The number of carbonyl (C=O) groups is 4. The summed E-state index contributed by atoms with van der Waals surface area (Å²) in [5, 5.41) is 49.4. The van der Waals surface area contributed by atoms with Crippen LogP contribution >= 0.6 is 34.9 Å². The van der Waals surface area contributed by atoms with Gasteiger partial charge in [0.1, 0.15) is 28.9 Å². The van der Waals surface area contributed by atoms with E-state index in [4.69, 9.17) is 20.9 Å². The smallest absolute Gasteiger partial charge is 0.355 e. The number of carboxylic acid groups (broad SMARTS) is 2. The number of tetrazole rings is 1. The molecule has 0 spiro atoms. The van der Waals surface area contributed by atoms with Gasteiger partial charge in [-0.05, 0) is 34.9 Å². The predicted molar refractivity (Wildman–Crippen MR) is 151 cm³/mol. The van der Waals surface area contributed by atoms with E-state index in [2.05, 4.69) is 36.1 Å². The zero-order valence-electron chi connectivity index (χ0n) is 21.8. The topological polar surface area (TPSA) is 261 Å². The molecule has 0 aromatic carbocycles. The van der Waals surface area contributed by atoms with Gasteiger partial charge in [0.05, 0.1) is 6.54 Å². The molecule has 4 heterocycles. The fraction of sp³-hybridized carbons (Fsp3) is 0.364. The summed E-state index contributed by atoms with van der Waals surface area (Å²) in [6.45, 7) is -0.435. The molecule has 2 aromatic rings. The highest BCUT2D eigenvalue weighted by Gasteiger charge is 2.54. The number of amides is 2. The number of hydrogen-bond donors (Lipinski definition) is 5. The molecule has 2 aliphatic heterocycles. The number of nitrogens with one attached hydrogen (secondary N) is 1. The molecule has 21 heteroatoms. The number of fused-ring (bicyclic) bond motifs is 1. The molecule has 0 saturated carbocycles. The van der Waals surface area contributed by atoms with Gasteiger partial charge in [0, 0.05) is 16.9 Å². The molecule has 1 fully saturated rings. The molecule has 226 valence electrons. The quantitative estimate of drug-likeness (QED) is 0.0488. The highest BCUT2D eigenvalue weighted by molar-refractivity contribution is 8.01. The van der Waals surface area contributed by atoms with Gasteiger partial charge in [-0.2, -0.15) is 0 Å². The molecule has 3 aliphatic rings. The maximum absolute atomic E-state index is 13.3. The van der Waals surface area contributed by atoms with Gasteiger partial charge in [-0.15, -0.1) is 28.2 Å². The van der Waals surface area contributed by atoms with E-state index in [1.165, 1.54) is 17.1 Å². The average molecular weight is 651 g/mol. The zero-order valence-corrected chi connectivity index (χ0v) is 24.2. The first-order valence-electron chi connectivity index (χ1n) is 12.3. The second-order valence-electron chi connectivity index (χ2n) is 9.04. The summed E-state index contributed by atoms with van der Waals surface area (Å²) >= 11 is 3.37. The third kappa shape index (κ3) is 6.32. The van der Waals surface area contributed by atoms with Gasteiger partial charge in [0.2, 0.25) is 5.16 Å². The monoisotopic (exact) mass is 650 g/mol. The van der Waals surface area contributed by atoms with Gasteiger partial charge in [-0.25, -0.2) is 19.3 Å². The number of aliphatic carboxylic acids is 2. The third-order valence-corrected chi connectivity index (χ3v) is 9.36. The number of β-lactam (4-membered cyclic amide) rings is 1. The van der Waals surface area contributed by atoms with E-state index in [0.29, 0.717) is 12.0 Å². The Morgan fingerprint density at radius 1 is 1.30 bits per heavy atom. The summed E-state index contributed by atoms with van der Waals surface area (Å²) in [7, 11) is 0. The Balaban J connectivity index is 1.29. The number of rotatable bonds is 12. The van der Waals surface area contributed by atoms with Crippen LogP contribution in [-0.4, -0.2) is 110 Å². The number of nitrogens with zero attached hydrogens (tertiary/aromatic N) is 8. The van der Waals surface area contributed by atoms with Crippen molar-refractivity contribution in [1.29, 1.82) is 0 Å². The summed E-state index contributed by atoms with van der Waals surface area (Å²) < 4.78 is 1.08. The first kappa shape index (κ1) is 30.0. The lowest BCUT2D eigenvalue weighted by Crippen LogP contribution is -2.71. The maximum Gasteiger partial charge on any atom is 0.355 e. The number of anilines is 1. The van der Waals surface area contributed by atoms with Crippen molar-refractivity contribution in [2.45, 2.75) is 42.1 Å². The Bertz CT molecular complexity index is 1580. The van der Waals surface area contributed by atoms with Crippen LogP contribution < -0.4 is 11.1 Å². The van der Waals surface area contributed by atoms with E-state index in [9.17, 15) is 24.3 Å². The van der Waals surface area contributed by atoms with Crippen LogP contribution in [0, 0.1) is 0 Å². The molecular formula is C22H22N10O8S3. The number of carboxylic acids is 2. The molecule has 0 bridgehead atoms. The van der Waals surface area contributed by atoms with Crippen molar-refractivity contribution in [2.24, 2.45) is 10.3 Å². The van der Waals surface area contributed by atoms with Gasteiger partial charge < -0.3 is 31.3 Å². The Morgan fingerprint density at radius 2 is 2.12 bits per heavy atom. The second kappa shape index (κ2) is 12.8. The number of allylic oxidation sites excluding steroid dienone is 1. The zero-order chi connectivity index (χ0) is 30.7. The minimum Gasteiger partial charge on any atom is -0.477 e. The number of oxime groups is 2. The fourth-order valence-electron chi connectivity index (χ4n) is 4.25. The van der Waals surface area contributed by atoms with Crippen molar-refractivity contribution >= 4 is 75.2 Å². The standard InChI is InChI=1S/C22H22N10O8S3/c23-21-24-12(8-42-21)13(28-40-10-3-1-2-4-10)16(33)25-14-17(34)32-15(20(37)38)9(6-41-18(14)32)7-43-22-26-29-30-31(22)5-11(27-39)19(35)36/h1,3,8,10,14,18,39H,2,4-7H2,(H2,23,24)(H,25,33)(H,35,36)(H,37,38)/b27-11-,28-13+. The van der Waals surface area contributed by atoms with Crippen LogP contribution in [0.5, 0.6) is 0 Å². The van der Waals surface area contributed by atoms with Crippen LogP contribution in [0.4, 0.5) is 5.13 Å². The molecule has 2 aromatic heterocycles.